The first-order valence-electron chi connectivity index (χ1n) is 11.4. The standard InChI is InChI=1S/C25H28N2O4S/c1-32(29,30)26-19-5-6-21-20(14-19)25(11-9-24(7-8-24)10-12-25)16-27(21)23(28)18-4-2-3-17(13-18)22-15-31-22/h2-6,13-14,22,26H,7-12,15-16H2,1H3. The molecule has 2 saturated carbocycles. The van der Waals surface area contributed by atoms with Crippen molar-refractivity contribution in [2.75, 3.05) is 29.0 Å². The monoisotopic (exact) mass is 452 g/mol. The van der Waals surface area contributed by atoms with E-state index in [4.69, 9.17) is 4.74 Å². The van der Waals surface area contributed by atoms with Gasteiger partial charge in [-0.1, -0.05) is 12.1 Å². The van der Waals surface area contributed by atoms with Gasteiger partial charge in [0.05, 0.1) is 12.9 Å². The molecule has 6 nitrogen and oxygen atoms in total. The molecular weight excluding hydrogens is 424 g/mol. The van der Waals surface area contributed by atoms with Crippen LogP contribution in [0.25, 0.3) is 0 Å². The highest BCUT2D eigenvalue weighted by molar-refractivity contribution is 7.92. The zero-order chi connectivity index (χ0) is 22.1. The van der Waals surface area contributed by atoms with E-state index in [2.05, 4.69) is 4.72 Å². The van der Waals surface area contributed by atoms with Crippen LogP contribution in [-0.2, 0) is 20.2 Å². The van der Waals surface area contributed by atoms with Gasteiger partial charge in [-0.25, -0.2) is 8.42 Å². The lowest BCUT2D eigenvalue weighted by molar-refractivity contribution is 0.0980. The number of nitrogens with one attached hydrogen (secondary N) is 1. The lowest BCUT2D eigenvalue weighted by Crippen LogP contribution is -2.40. The fourth-order valence-corrected chi connectivity index (χ4v) is 6.31. The number of sulfonamides is 1. The van der Waals surface area contributed by atoms with Gasteiger partial charge in [-0.2, -0.15) is 0 Å². The molecule has 1 atom stereocenters. The van der Waals surface area contributed by atoms with E-state index in [-0.39, 0.29) is 17.4 Å². The Morgan fingerprint density at radius 2 is 1.78 bits per heavy atom. The summed E-state index contributed by atoms with van der Waals surface area (Å²) in [5, 5.41) is 0. The predicted octanol–water partition coefficient (Wildman–Crippen LogP) is 4.38. The Morgan fingerprint density at radius 3 is 2.44 bits per heavy atom. The molecule has 2 spiro atoms. The molecule has 1 unspecified atom stereocenters. The summed E-state index contributed by atoms with van der Waals surface area (Å²) in [6, 6.07) is 13.4. The third kappa shape index (κ3) is 3.52. The first-order valence-corrected chi connectivity index (χ1v) is 13.3. The van der Waals surface area contributed by atoms with Crippen LogP contribution in [0.2, 0.25) is 0 Å². The lowest BCUT2D eigenvalue weighted by atomic mass is 9.66. The largest absolute Gasteiger partial charge is 0.368 e. The van der Waals surface area contributed by atoms with Gasteiger partial charge in [0.25, 0.3) is 5.91 Å². The molecule has 168 valence electrons. The number of nitrogens with zero attached hydrogens (tertiary/aromatic N) is 1. The Bertz CT molecular complexity index is 1200. The molecule has 1 amide bonds. The zero-order valence-electron chi connectivity index (χ0n) is 18.3. The van der Waals surface area contributed by atoms with Crippen LogP contribution < -0.4 is 9.62 Å². The van der Waals surface area contributed by atoms with E-state index in [0.29, 0.717) is 29.8 Å². The maximum Gasteiger partial charge on any atom is 0.258 e. The number of benzene rings is 2. The molecule has 2 aromatic rings. The summed E-state index contributed by atoms with van der Waals surface area (Å²) in [5.41, 5.74) is 4.74. The van der Waals surface area contributed by atoms with Gasteiger partial charge in [-0.3, -0.25) is 9.52 Å². The molecule has 1 N–H and O–H groups in total. The van der Waals surface area contributed by atoms with Crippen molar-refractivity contribution in [2.45, 2.75) is 50.0 Å². The third-order valence-electron chi connectivity index (χ3n) is 7.93. The minimum Gasteiger partial charge on any atom is -0.368 e. The number of hydrogen-bond donors (Lipinski definition) is 1. The average Bonchev–Trinajstić information content (AvgIpc) is 3.69. The van der Waals surface area contributed by atoms with Gasteiger partial charge in [0.1, 0.15) is 6.10 Å². The normalized spacial score (nSPS) is 24.4. The molecule has 3 fully saturated rings. The number of carbonyl (C=O) groups is 1. The van der Waals surface area contributed by atoms with Crippen LogP contribution in [0, 0.1) is 5.41 Å². The molecular formula is C25H28N2O4S. The van der Waals surface area contributed by atoms with Crippen LogP contribution in [0.4, 0.5) is 11.4 Å². The Morgan fingerprint density at radius 1 is 1.06 bits per heavy atom. The Kier molecular flexibility index (Phi) is 4.31. The van der Waals surface area contributed by atoms with Crippen LogP contribution >= 0.6 is 0 Å². The van der Waals surface area contributed by atoms with E-state index >= 15 is 0 Å². The van der Waals surface area contributed by atoms with Crippen LogP contribution in [0.15, 0.2) is 42.5 Å². The van der Waals surface area contributed by atoms with Crippen LogP contribution in [-0.4, -0.2) is 33.7 Å². The van der Waals surface area contributed by atoms with Crippen molar-refractivity contribution < 1.29 is 17.9 Å². The van der Waals surface area contributed by atoms with Crippen molar-refractivity contribution in [3.05, 3.63) is 59.2 Å². The molecule has 6 rings (SSSR count). The highest BCUT2D eigenvalue weighted by Crippen LogP contribution is 2.62. The number of fused-ring (bicyclic) bond motifs is 2. The average molecular weight is 453 g/mol. The second kappa shape index (κ2) is 6.81. The number of epoxide rings is 1. The number of ether oxygens (including phenoxy) is 1. The Hall–Kier alpha value is -2.38. The van der Waals surface area contributed by atoms with E-state index in [9.17, 15) is 13.2 Å². The number of anilines is 2. The van der Waals surface area contributed by atoms with Gasteiger partial charge in [0, 0.05) is 28.9 Å². The summed E-state index contributed by atoms with van der Waals surface area (Å²) in [4.78, 5) is 15.6. The summed E-state index contributed by atoms with van der Waals surface area (Å²) in [6.45, 7) is 1.37. The number of amides is 1. The topological polar surface area (TPSA) is 79.0 Å². The highest BCUT2D eigenvalue weighted by Gasteiger charge is 2.53. The van der Waals surface area contributed by atoms with Gasteiger partial charge < -0.3 is 9.64 Å². The number of carbonyl (C=O) groups excluding carboxylic acids is 1. The molecule has 32 heavy (non-hydrogen) atoms. The summed E-state index contributed by atoms with van der Waals surface area (Å²) in [7, 11) is -3.37. The molecule has 2 heterocycles. The van der Waals surface area contributed by atoms with Crippen molar-refractivity contribution in [1.29, 1.82) is 0 Å². The van der Waals surface area contributed by atoms with Gasteiger partial charge in [-0.15, -0.1) is 0 Å². The second-order valence-electron chi connectivity index (χ2n) is 10.2. The predicted molar refractivity (Wildman–Crippen MR) is 124 cm³/mol. The molecule has 0 bridgehead atoms. The van der Waals surface area contributed by atoms with E-state index in [1.807, 2.05) is 41.3 Å². The zero-order valence-corrected chi connectivity index (χ0v) is 19.1. The van der Waals surface area contributed by atoms with Crippen molar-refractivity contribution in [1.82, 2.24) is 0 Å². The van der Waals surface area contributed by atoms with Crippen LogP contribution in [0.3, 0.4) is 0 Å². The number of rotatable bonds is 4. The summed E-state index contributed by atoms with van der Waals surface area (Å²) in [5.74, 6) is 0.00107. The first kappa shape index (κ1) is 20.2. The molecule has 4 aliphatic rings. The smallest absolute Gasteiger partial charge is 0.258 e. The molecule has 2 aromatic carbocycles. The van der Waals surface area contributed by atoms with Gasteiger partial charge >= 0.3 is 0 Å². The maximum atomic E-state index is 13.7. The van der Waals surface area contributed by atoms with E-state index in [1.165, 1.54) is 31.9 Å². The van der Waals surface area contributed by atoms with Crippen LogP contribution in [0.5, 0.6) is 0 Å². The minimum absolute atomic E-state index is 0.00107. The second-order valence-corrected chi connectivity index (χ2v) is 12.0. The first-order chi connectivity index (χ1) is 15.3. The van der Waals surface area contributed by atoms with Crippen molar-refractivity contribution in [3.8, 4) is 0 Å². The van der Waals surface area contributed by atoms with E-state index in [1.54, 1.807) is 6.07 Å². The van der Waals surface area contributed by atoms with Crippen molar-refractivity contribution >= 4 is 27.3 Å². The van der Waals surface area contributed by atoms with Gasteiger partial charge in [0.2, 0.25) is 10.0 Å². The molecule has 2 aliphatic heterocycles. The third-order valence-corrected chi connectivity index (χ3v) is 8.54. The molecule has 0 radical (unpaired) electrons. The SMILES string of the molecule is CS(=O)(=O)Nc1ccc2c(c1)C1(CCC3(CC3)CC1)CN2C(=O)c1cccc(C2CO2)c1. The van der Waals surface area contributed by atoms with Crippen molar-refractivity contribution in [3.63, 3.8) is 0 Å². The summed E-state index contributed by atoms with van der Waals surface area (Å²) < 4.78 is 31.7. The Balaban J connectivity index is 1.37. The lowest BCUT2D eigenvalue weighted by Gasteiger charge is -2.38. The molecule has 2 aliphatic carbocycles. The van der Waals surface area contributed by atoms with Crippen molar-refractivity contribution in [2.24, 2.45) is 5.41 Å². The minimum atomic E-state index is -3.37. The van der Waals surface area contributed by atoms with E-state index < -0.39 is 10.0 Å². The quantitative estimate of drug-likeness (QED) is 0.698. The molecule has 7 heteroatoms. The number of hydrogen-bond acceptors (Lipinski definition) is 4. The molecule has 0 aromatic heterocycles. The summed E-state index contributed by atoms with van der Waals surface area (Å²) >= 11 is 0. The fourth-order valence-electron chi connectivity index (χ4n) is 5.76. The van der Waals surface area contributed by atoms with Gasteiger partial charge in [-0.05, 0) is 85.4 Å². The van der Waals surface area contributed by atoms with Crippen LogP contribution in [0.1, 0.15) is 66.1 Å². The van der Waals surface area contributed by atoms with E-state index in [0.717, 1.165) is 29.7 Å². The Labute approximate surface area is 189 Å². The highest BCUT2D eigenvalue weighted by atomic mass is 32.2. The maximum absolute atomic E-state index is 13.7. The fraction of sp³-hybridized carbons (Fsp3) is 0.480. The molecule has 1 saturated heterocycles. The van der Waals surface area contributed by atoms with Gasteiger partial charge in [0.15, 0.2) is 0 Å². The summed E-state index contributed by atoms with van der Waals surface area (Å²) in [6.07, 6.45) is 8.38.